The average molecular weight is 306 g/mol. The molecule has 0 aliphatic carbocycles. The van der Waals surface area contributed by atoms with E-state index in [2.05, 4.69) is 15.1 Å². The summed E-state index contributed by atoms with van der Waals surface area (Å²) in [4.78, 5) is 15.1. The van der Waals surface area contributed by atoms with E-state index in [1.165, 1.54) is 6.42 Å². The van der Waals surface area contributed by atoms with E-state index in [9.17, 15) is 10.1 Å². The molecule has 1 N–H and O–H groups in total. The van der Waals surface area contributed by atoms with Crippen molar-refractivity contribution in [1.82, 2.24) is 10.2 Å². The first-order valence-corrected chi connectivity index (χ1v) is 8.17. The van der Waals surface area contributed by atoms with Crippen molar-refractivity contribution in [2.45, 2.75) is 26.3 Å². The van der Waals surface area contributed by atoms with Gasteiger partial charge < -0.3 is 10.2 Å². The Balaban J connectivity index is 0.000000847. The molecule has 0 radical (unpaired) electrons. The van der Waals surface area contributed by atoms with Gasteiger partial charge >= 0.3 is 0 Å². The molecule has 2 aliphatic rings. The highest BCUT2D eigenvalue weighted by Gasteiger charge is 2.23. The number of nitrogens with one attached hydrogen (secondary N) is 1. The zero-order valence-electron chi connectivity index (χ0n) is 13.5. The van der Waals surface area contributed by atoms with Crippen LogP contribution >= 0.6 is 0 Å². The molecule has 1 aromatic rings. The zero-order chi connectivity index (χ0) is 15.9. The maximum atomic E-state index is 10.6. The van der Waals surface area contributed by atoms with Gasteiger partial charge in [-0.1, -0.05) is 13.8 Å². The zero-order valence-corrected chi connectivity index (χ0v) is 13.5. The van der Waals surface area contributed by atoms with Crippen LogP contribution in [0.4, 0.5) is 11.4 Å². The summed E-state index contributed by atoms with van der Waals surface area (Å²) in [6, 6.07) is 7.55. The molecule has 2 heterocycles. The summed E-state index contributed by atoms with van der Waals surface area (Å²) in [6.45, 7) is 10.4. The summed E-state index contributed by atoms with van der Waals surface area (Å²) in [6.07, 6.45) is 1.29. The van der Waals surface area contributed by atoms with Crippen LogP contribution in [-0.4, -0.2) is 55.1 Å². The van der Waals surface area contributed by atoms with Gasteiger partial charge in [0.1, 0.15) is 0 Å². The van der Waals surface area contributed by atoms with Gasteiger partial charge in [-0.15, -0.1) is 0 Å². The largest absolute Gasteiger partial charge is 0.369 e. The molecular formula is C16H26N4O2. The maximum absolute atomic E-state index is 10.6. The highest BCUT2D eigenvalue weighted by atomic mass is 16.6. The molecule has 2 aliphatic heterocycles. The Labute approximate surface area is 132 Å². The van der Waals surface area contributed by atoms with E-state index < -0.39 is 0 Å². The van der Waals surface area contributed by atoms with Gasteiger partial charge in [-0.05, 0) is 25.1 Å². The predicted octanol–water partition coefficient (Wildman–Crippen LogP) is 2.10. The van der Waals surface area contributed by atoms with Crippen LogP contribution in [0.1, 0.15) is 20.3 Å². The predicted molar refractivity (Wildman–Crippen MR) is 89.5 cm³/mol. The molecule has 3 rings (SSSR count). The Hall–Kier alpha value is -1.66. The molecule has 6 heteroatoms. The molecule has 122 valence electrons. The average Bonchev–Trinajstić information content (AvgIpc) is 2.53. The molecule has 1 aromatic carbocycles. The van der Waals surface area contributed by atoms with Gasteiger partial charge in [0.15, 0.2) is 0 Å². The molecule has 0 aromatic heterocycles. The van der Waals surface area contributed by atoms with E-state index in [0.29, 0.717) is 6.04 Å². The van der Waals surface area contributed by atoms with E-state index >= 15 is 0 Å². The summed E-state index contributed by atoms with van der Waals surface area (Å²) in [5, 5.41) is 14.1. The molecule has 2 fully saturated rings. The van der Waals surface area contributed by atoms with Gasteiger partial charge in [-0.25, -0.2) is 0 Å². The third-order valence-electron chi connectivity index (χ3n) is 4.20. The van der Waals surface area contributed by atoms with Gasteiger partial charge in [0, 0.05) is 56.6 Å². The van der Waals surface area contributed by atoms with Crippen LogP contribution in [0.3, 0.4) is 0 Å². The summed E-state index contributed by atoms with van der Waals surface area (Å²) in [5.41, 5.74) is 1.24. The number of benzene rings is 1. The van der Waals surface area contributed by atoms with Crippen molar-refractivity contribution >= 4 is 11.4 Å². The smallest absolute Gasteiger partial charge is 0.269 e. The Morgan fingerprint density at radius 1 is 1.18 bits per heavy atom. The number of non-ortho nitro benzene ring substituents is 1. The Kier molecular flexibility index (Phi) is 6.15. The van der Waals surface area contributed by atoms with Crippen molar-refractivity contribution in [3.8, 4) is 0 Å². The van der Waals surface area contributed by atoms with E-state index in [0.717, 1.165) is 45.0 Å². The topological polar surface area (TPSA) is 61.7 Å². The second-order valence-corrected chi connectivity index (χ2v) is 5.50. The van der Waals surface area contributed by atoms with Crippen molar-refractivity contribution in [2.75, 3.05) is 44.2 Å². The van der Waals surface area contributed by atoms with Crippen LogP contribution in [0, 0.1) is 10.1 Å². The van der Waals surface area contributed by atoms with Crippen molar-refractivity contribution in [3.05, 3.63) is 34.4 Å². The lowest BCUT2D eigenvalue weighted by atomic mass is 10.1. The normalized spacial score (nSPS) is 21.5. The first kappa shape index (κ1) is 16.7. The van der Waals surface area contributed by atoms with Gasteiger partial charge in [-0.3, -0.25) is 15.0 Å². The summed E-state index contributed by atoms with van der Waals surface area (Å²) in [7, 11) is 0. The van der Waals surface area contributed by atoms with Crippen LogP contribution in [0.5, 0.6) is 0 Å². The molecule has 0 amide bonds. The Morgan fingerprint density at radius 3 is 2.23 bits per heavy atom. The summed E-state index contributed by atoms with van der Waals surface area (Å²) in [5.74, 6) is 0. The lowest BCUT2D eigenvalue weighted by Gasteiger charge is -2.39. The standard InChI is InChI=1S/C14H20N4O2.C2H6/c19-18(20)14-3-1-13(2-4-14)17-9-7-16(8-10-17)11-12-5-6-15-12;1-2/h1-4,12,15H,5-11H2;1-2H3. The van der Waals surface area contributed by atoms with Crippen molar-refractivity contribution in [2.24, 2.45) is 0 Å². The summed E-state index contributed by atoms with van der Waals surface area (Å²) < 4.78 is 0. The van der Waals surface area contributed by atoms with Gasteiger partial charge in [0.05, 0.1) is 4.92 Å². The number of anilines is 1. The SMILES string of the molecule is CC.O=[N+]([O-])c1ccc(N2CCN(CC3CCN3)CC2)cc1. The number of nitro groups is 1. The fourth-order valence-corrected chi connectivity index (χ4v) is 2.79. The van der Waals surface area contributed by atoms with E-state index in [1.807, 2.05) is 26.0 Å². The Bertz CT molecular complexity index is 466. The number of nitrogens with zero attached hydrogens (tertiary/aromatic N) is 3. The lowest BCUT2D eigenvalue weighted by molar-refractivity contribution is -0.384. The lowest BCUT2D eigenvalue weighted by Crippen LogP contribution is -2.54. The molecule has 1 atom stereocenters. The number of hydrogen-bond donors (Lipinski definition) is 1. The second-order valence-electron chi connectivity index (χ2n) is 5.50. The molecule has 1 unspecified atom stereocenters. The minimum Gasteiger partial charge on any atom is -0.369 e. The first-order valence-electron chi connectivity index (χ1n) is 8.17. The first-order chi connectivity index (χ1) is 10.7. The highest BCUT2D eigenvalue weighted by molar-refractivity contribution is 5.51. The quantitative estimate of drug-likeness (QED) is 0.682. The molecule has 0 bridgehead atoms. The van der Waals surface area contributed by atoms with Gasteiger partial charge in [0.2, 0.25) is 0 Å². The van der Waals surface area contributed by atoms with Crippen molar-refractivity contribution in [3.63, 3.8) is 0 Å². The van der Waals surface area contributed by atoms with Crippen molar-refractivity contribution < 1.29 is 4.92 Å². The third kappa shape index (κ3) is 4.18. The molecular weight excluding hydrogens is 280 g/mol. The van der Waals surface area contributed by atoms with Crippen molar-refractivity contribution in [1.29, 1.82) is 0 Å². The van der Waals surface area contributed by atoms with Gasteiger partial charge in [0.25, 0.3) is 5.69 Å². The highest BCUT2D eigenvalue weighted by Crippen LogP contribution is 2.20. The number of piperazine rings is 1. The maximum Gasteiger partial charge on any atom is 0.269 e. The monoisotopic (exact) mass is 306 g/mol. The third-order valence-corrected chi connectivity index (χ3v) is 4.20. The number of nitro benzene ring substituents is 1. The minimum absolute atomic E-state index is 0.156. The molecule has 0 spiro atoms. The van der Waals surface area contributed by atoms with Crippen LogP contribution in [-0.2, 0) is 0 Å². The number of rotatable bonds is 4. The van der Waals surface area contributed by atoms with Crippen LogP contribution in [0.2, 0.25) is 0 Å². The van der Waals surface area contributed by atoms with Crippen LogP contribution in [0.25, 0.3) is 0 Å². The van der Waals surface area contributed by atoms with E-state index in [4.69, 9.17) is 0 Å². The Morgan fingerprint density at radius 2 is 1.77 bits per heavy atom. The van der Waals surface area contributed by atoms with E-state index in [1.54, 1.807) is 12.1 Å². The fraction of sp³-hybridized carbons (Fsp3) is 0.625. The summed E-state index contributed by atoms with van der Waals surface area (Å²) >= 11 is 0. The molecule has 0 saturated carbocycles. The minimum atomic E-state index is -0.354. The molecule has 22 heavy (non-hydrogen) atoms. The van der Waals surface area contributed by atoms with Crippen LogP contribution in [0.15, 0.2) is 24.3 Å². The van der Waals surface area contributed by atoms with Gasteiger partial charge in [-0.2, -0.15) is 0 Å². The second kappa shape index (κ2) is 8.10. The molecule has 6 nitrogen and oxygen atoms in total. The molecule has 2 saturated heterocycles. The number of hydrogen-bond acceptors (Lipinski definition) is 5. The van der Waals surface area contributed by atoms with E-state index in [-0.39, 0.29) is 10.6 Å². The fourth-order valence-electron chi connectivity index (χ4n) is 2.79. The van der Waals surface area contributed by atoms with Crippen LogP contribution < -0.4 is 10.2 Å².